The number of aryl methyl sites for hydroxylation is 11. The van der Waals surface area contributed by atoms with Crippen LogP contribution in [0.15, 0.2) is 337 Å². The third kappa shape index (κ3) is 44.9. The fourth-order valence-corrected chi connectivity index (χ4v) is 12.1. The van der Waals surface area contributed by atoms with E-state index in [0.717, 1.165) is 149 Å². The molecular weight excluding hydrogens is 1760 g/mol. The molecule has 22 nitrogen and oxygen atoms in total. The molecule has 0 saturated carbocycles. The van der Waals surface area contributed by atoms with E-state index in [-0.39, 0.29) is 0 Å². The number of fused-ring (bicyclic) bond motifs is 11. The van der Waals surface area contributed by atoms with E-state index in [1.54, 1.807) is 86.9 Å². The number of rotatable bonds is 0. The van der Waals surface area contributed by atoms with Crippen LogP contribution in [-0.2, 0) is 0 Å². The molecule has 0 unspecified atom stereocenters. The standard InChI is InChI=1S/11C9H8N2.11C2H6/c1-7-9-3-4-10-6-8(9)2-5-11-7;1-7-9-6-10-4-2-8(9)3-5-11-7;1-7-4-9-5-10-3-2-8(9)6-11-7;1-7-4-8-2-3-10-5-9(8)6-11-7;1-7-4-8-6-10-3-2-9(8)11-5-7;1-7-4-8-2-3-10-6-9(8)11-5-7;1-7-8-3-2-5-11-9(8)4-6-10-7;1-7-5-9-8(6-11-7)3-2-4-10-9;1-7-5-9-8(11-6-7)3-2-4-10-9;1-7-5-8-3-2-4-10-9(8)11-6-7;1-7-8-4-2-3-5-9(8)11-6-10-7;11*1-2/h11*2-6H,1H3;11*1-2H3. The van der Waals surface area contributed by atoms with Crippen LogP contribution >= 0.6 is 0 Å². The lowest BCUT2D eigenvalue weighted by Gasteiger charge is -1.97. The molecule has 0 radical (unpaired) electrons. The Morgan fingerprint density at radius 2 is 0.517 bits per heavy atom. The highest BCUT2D eigenvalue weighted by atomic mass is 14.8. The molecule has 0 saturated heterocycles. The summed E-state index contributed by atoms with van der Waals surface area (Å²) in [5.74, 6) is 0. The van der Waals surface area contributed by atoms with Crippen molar-refractivity contribution in [3.8, 4) is 0 Å². The van der Waals surface area contributed by atoms with E-state index in [0.29, 0.717) is 0 Å². The number of hydrogen-bond donors (Lipinski definition) is 0. The van der Waals surface area contributed by atoms with Gasteiger partial charge >= 0.3 is 0 Å². The van der Waals surface area contributed by atoms with Gasteiger partial charge in [0.25, 0.3) is 0 Å². The number of para-hydroxylation sites is 1. The molecule has 0 amide bonds. The van der Waals surface area contributed by atoms with Gasteiger partial charge in [-0.3, -0.25) is 89.7 Å². The molecule has 21 aromatic heterocycles. The van der Waals surface area contributed by atoms with Crippen LogP contribution < -0.4 is 0 Å². The Morgan fingerprint density at radius 3 is 1.13 bits per heavy atom. The fraction of sp³-hybridized carbons (Fsp3) is 0.273. The Balaban J connectivity index is 0.000000771. The van der Waals surface area contributed by atoms with Crippen molar-refractivity contribution < 1.29 is 0 Å². The molecule has 21 heterocycles. The molecule has 0 atom stereocenters. The van der Waals surface area contributed by atoms with Crippen LogP contribution in [0, 0.1) is 76.2 Å². The predicted octanol–water partition coefficient (Wildman–Crippen LogP) is 32.6. The summed E-state index contributed by atoms with van der Waals surface area (Å²) in [7, 11) is 0. The molecule has 0 aliphatic rings. The van der Waals surface area contributed by atoms with Gasteiger partial charge in [-0.1, -0.05) is 171 Å². The van der Waals surface area contributed by atoms with Gasteiger partial charge in [0.05, 0.1) is 44.8 Å². The minimum Gasteiger partial charge on any atom is -0.264 e. The SMILES string of the molecule is CC.CC.CC.CC.CC.CC.CC.CC.CC.CC.CC.Cc1cc2ccncc2cn1.Cc1cc2cnccc2cn1.Cc1cc2ncccc2cn1.Cc1cnc2cccnc2c1.Cc1cnc2ccncc2c1.Cc1cnc2cnccc2c1.Cc1cnc2ncccc2c1.Cc1nccc2ccncc12.Cc1nccc2cnccc12.Cc1nccc2ncccc12.Cc1ncnc2ccccc12. The van der Waals surface area contributed by atoms with Gasteiger partial charge in [0, 0.05) is 259 Å². The van der Waals surface area contributed by atoms with Gasteiger partial charge in [0.15, 0.2) is 5.65 Å². The Hall–Kier alpha value is -15.8. The summed E-state index contributed by atoms with van der Waals surface area (Å²) < 4.78 is 0. The number of pyridine rings is 20. The van der Waals surface area contributed by atoms with Gasteiger partial charge in [-0.25, -0.2) is 19.9 Å². The lowest BCUT2D eigenvalue weighted by atomic mass is 10.2. The van der Waals surface area contributed by atoms with E-state index in [2.05, 4.69) is 134 Å². The maximum absolute atomic E-state index is 4.24. The average molecular weight is 1920 g/mol. The Morgan fingerprint density at radius 1 is 0.147 bits per heavy atom. The zero-order chi connectivity index (χ0) is 106. The monoisotopic (exact) mass is 1920 g/mol. The van der Waals surface area contributed by atoms with Crippen molar-refractivity contribution in [1.82, 2.24) is 110 Å². The van der Waals surface area contributed by atoms with Crippen LogP contribution in [0.3, 0.4) is 0 Å². The first-order valence-corrected chi connectivity index (χ1v) is 49.8. The highest BCUT2D eigenvalue weighted by molar-refractivity contribution is 5.86. The molecule has 0 N–H and O–H groups in total. The first-order chi connectivity index (χ1) is 70.0. The molecule has 0 bridgehead atoms. The smallest absolute Gasteiger partial charge is 0.159 e. The molecule has 0 aliphatic carbocycles. The molecule has 22 heteroatoms. The Labute approximate surface area is 851 Å². The summed E-state index contributed by atoms with van der Waals surface area (Å²) in [6, 6.07) is 55.7. The summed E-state index contributed by atoms with van der Waals surface area (Å²) >= 11 is 0. The lowest BCUT2D eigenvalue weighted by molar-refractivity contribution is 1.15. The maximum atomic E-state index is 4.24. The van der Waals surface area contributed by atoms with Crippen LogP contribution in [0.2, 0.25) is 0 Å². The molecule has 0 aliphatic heterocycles. The van der Waals surface area contributed by atoms with Crippen LogP contribution in [-0.4, -0.2) is 110 Å². The summed E-state index contributed by atoms with van der Waals surface area (Å²) in [5.41, 5.74) is 19.7. The van der Waals surface area contributed by atoms with Gasteiger partial charge in [-0.15, -0.1) is 0 Å². The maximum Gasteiger partial charge on any atom is 0.159 e. The third-order valence-corrected chi connectivity index (χ3v) is 18.4. The molecule has 143 heavy (non-hydrogen) atoms. The van der Waals surface area contributed by atoms with Crippen molar-refractivity contribution in [3.63, 3.8) is 0 Å². The second kappa shape index (κ2) is 77.0. The van der Waals surface area contributed by atoms with Gasteiger partial charge in [-0.2, -0.15) is 0 Å². The van der Waals surface area contributed by atoms with E-state index in [4.69, 9.17) is 0 Å². The second-order valence-corrected chi connectivity index (χ2v) is 27.8. The van der Waals surface area contributed by atoms with Crippen molar-refractivity contribution in [2.75, 3.05) is 0 Å². The van der Waals surface area contributed by atoms with Crippen molar-refractivity contribution in [1.29, 1.82) is 0 Å². The van der Waals surface area contributed by atoms with Crippen molar-refractivity contribution >= 4 is 120 Å². The molecular formula is C121H154N22. The Bertz CT molecular complexity index is 6030. The summed E-state index contributed by atoms with van der Waals surface area (Å²) in [5, 5.41) is 16.0. The quantitative estimate of drug-likeness (QED) is 0.136. The first kappa shape index (κ1) is 125. The van der Waals surface area contributed by atoms with E-state index >= 15 is 0 Å². The van der Waals surface area contributed by atoms with Gasteiger partial charge in [0.2, 0.25) is 0 Å². The minimum atomic E-state index is 0.818. The van der Waals surface area contributed by atoms with E-state index in [1.165, 1.54) is 32.8 Å². The van der Waals surface area contributed by atoms with Crippen LogP contribution in [0.1, 0.15) is 214 Å². The van der Waals surface area contributed by atoms with Gasteiger partial charge < -0.3 is 0 Å². The molecule has 0 fully saturated rings. The van der Waals surface area contributed by atoms with E-state index in [1.807, 2.05) is 455 Å². The van der Waals surface area contributed by atoms with E-state index in [9.17, 15) is 0 Å². The minimum absolute atomic E-state index is 0.818. The predicted molar refractivity (Wildman–Crippen MR) is 612 cm³/mol. The summed E-state index contributed by atoms with van der Waals surface area (Å²) in [6.07, 6.45) is 48.7. The van der Waals surface area contributed by atoms with Crippen LogP contribution in [0.5, 0.6) is 0 Å². The van der Waals surface area contributed by atoms with Crippen molar-refractivity contribution in [2.24, 2.45) is 0 Å². The lowest BCUT2D eigenvalue weighted by Crippen LogP contribution is -1.85. The highest BCUT2D eigenvalue weighted by Gasteiger charge is 2.03. The highest BCUT2D eigenvalue weighted by Crippen LogP contribution is 2.20. The summed E-state index contributed by atoms with van der Waals surface area (Å²) in [6.45, 7) is 66.0. The zero-order valence-electron chi connectivity index (χ0n) is 91.1. The second-order valence-electron chi connectivity index (χ2n) is 27.8. The van der Waals surface area contributed by atoms with Crippen LogP contribution in [0.4, 0.5) is 0 Å². The first-order valence-electron chi connectivity index (χ1n) is 49.8. The normalized spacial score (nSPS) is 9.15. The molecule has 22 rings (SSSR count). The summed E-state index contributed by atoms with van der Waals surface area (Å²) in [4.78, 5) is 90.9. The number of benzene rings is 1. The molecule has 748 valence electrons. The van der Waals surface area contributed by atoms with Gasteiger partial charge in [-0.05, 0) is 261 Å². The topological polar surface area (TPSA) is 284 Å². The van der Waals surface area contributed by atoms with Crippen molar-refractivity contribution in [2.45, 2.75) is 228 Å². The number of nitrogens with zero attached hydrogens (tertiary/aromatic N) is 22. The average Bonchev–Trinajstić information content (AvgIpc) is 0.838. The zero-order valence-corrected chi connectivity index (χ0v) is 91.1. The van der Waals surface area contributed by atoms with Gasteiger partial charge in [0.1, 0.15) is 6.33 Å². The molecule has 1 aromatic carbocycles. The number of hydrogen-bond acceptors (Lipinski definition) is 22. The fourth-order valence-electron chi connectivity index (χ4n) is 12.1. The largest absolute Gasteiger partial charge is 0.264 e. The third-order valence-electron chi connectivity index (χ3n) is 18.4. The van der Waals surface area contributed by atoms with Crippen LogP contribution in [0.25, 0.3) is 120 Å². The van der Waals surface area contributed by atoms with Crippen molar-refractivity contribution in [3.05, 3.63) is 399 Å². The van der Waals surface area contributed by atoms with E-state index < -0.39 is 0 Å². The molecule has 22 aromatic rings. The number of aromatic nitrogens is 22. The molecule has 0 spiro atoms. The Kier molecular flexibility index (Phi) is 67.4.